The molecular formula is C97H64BN3O. The molecule has 20 rings (SSSR count). The van der Waals surface area contributed by atoms with Crippen LogP contribution in [0.1, 0.15) is 22.3 Å². The first kappa shape index (κ1) is 58.9. The molecule has 0 unspecified atom stereocenters. The molecule has 0 N–H and O–H groups in total. The highest BCUT2D eigenvalue weighted by molar-refractivity contribution is 7.00. The van der Waals surface area contributed by atoms with Crippen LogP contribution in [-0.2, 0) is 5.41 Å². The lowest BCUT2D eigenvalue weighted by Crippen LogP contribution is -2.61. The molecule has 0 saturated carbocycles. The molecule has 0 radical (unpaired) electrons. The van der Waals surface area contributed by atoms with Gasteiger partial charge in [-0.05, 0) is 114 Å². The minimum atomic E-state index is -0.874. The molecule has 0 bridgehead atoms. The van der Waals surface area contributed by atoms with Gasteiger partial charge < -0.3 is 19.1 Å². The number of anilines is 6. The van der Waals surface area contributed by atoms with Crippen LogP contribution >= 0.6 is 0 Å². The highest BCUT2D eigenvalue weighted by Crippen LogP contribution is 2.60. The standard InChI is InChI=1S/C97H64BN3O/c1-9-31-65(32-10-1)71-55-57-82-92(61-71)102-93-64-89-85(63-83(93)97(82,73-43-21-7-22-44-73)74-45-23-8-24-46-74)98-84-58-56-75(99-86-53-27-25-47-80(86)81-48-26-28-54-87(81)99)62-88(84)100(95-76(67-35-13-3-14-36-67)49-29-50-77(95)68-37-15-4-16-38-68)90-59-72(66-33-11-2-12-34-66)60-91(94(90)98)101(89)96-78(69-39-17-5-18-40-69)51-30-52-79(96)70-41-19-6-20-42-70/h1-64H. The van der Waals surface area contributed by atoms with Crippen LogP contribution in [0.25, 0.3) is 94.3 Å². The molecular weight excluding hydrogens is 1230 g/mol. The Kier molecular flexibility index (Phi) is 13.9. The van der Waals surface area contributed by atoms with E-state index in [4.69, 9.17) is 4.74 Å². The molecule has 0 aliphatic carbocycles. The molecule has 4 nitrogen and oxygen atoms in total. The number of rotatable bonds is 11. The van der Waals surface area contributed by atoms with Crippen LogP contribution < -0.4 is 30.9 Å². The fraction of sp³-hybridized carbons (Fsp3) is 0.0103. The van der Waals surface area contributed by atoms with Crippen LogP contribution in [0.15, 0.2) is 388 Å². The lowest BCUT2D eigenvalue weighted by atomic mass is 9.33. The van der Waals surface area contributed by atoms with Crippen LogP contribution in [0.4, 0.5) is 34.1 Å². The van der Waals surface area contributed by atoms with Crippen LogP contribution in [0.5, 0.6) is 11.5 Å². The average Bonchev–Trinajstić information content (AvgIpc) is 0.834. The Labute approximate surface area is 594 Å². The summed E-state index contributed by atoms with van der Waals surface area (Å²) in [5, 5.41) is 2.42. The van der Waals surface area contributed by atoms with Gasteiger partial charge in [-0.3, -0.25) is 0 Å². The molecule has 16 aromatic carbocycles. The van der Waals surface area contributed by atoms with Gasteiger partial charge in [0, 0.05) is 78.7 Å². The Balaban J connectivity index is 0.980. The van der Waals surface area contributed by atoms with Crippen molar-refractivity contribution >= 4 is 79.0 Å². The smallest absolute Gasteiger partial charge is 0.252 e. The highest BCUT2D eigenvalue weighted by atomic mass is 16.5. The Morgan fingerprint density at radius 1 is 0.255 bits per heavy atom. The molecule has 476 valence electrons. The molecule has 0 fully saturated rings. The fourth-order valence-electron chi connectivity index (χ4n) is 17.1. The van der Waals surface area contributed by atoms with E-state index < -0.39 is 5.41 Å². The van der Waals surface area contributed by atoms with Crippen molar-refractivity contribution in [2.75, 3.05) is 9.80 Å². The van der Waals surface area contributed by atoms with Gasteiger partial charge in [-0.15, -0.1) is 0 Å². The summed E-state index contributed by atoms with van der Waals surface area (Å²) >= 11 is 0. The van der Waals surface area contributed by atoms with Gasteiger partial charge in [0.25, 0.3) is 6.71 Å². The van der Waals surface area contributed by atoms with Crippen molar-refractivity contribution in [3.05, 3.63) is 411 Å². The van der Waals surface area contributed by atoms with E-state index in [2.05, 4.69) is 403 Å². The van der Waals surface area contributed by atoms with E-state index in [0.29, 0.717) is 0 Å². The quantitative estimate of drug-likeness (QED) is 0.120. The van der Waals surface area contributed by atoms with Crippen molar-refractivity contribution in [3.8, 4) is 83.9 Å². The number of hydrogen-bond acceptors (Lipinski definition) is 3. The van der Waals surface area contributed by atoms with E-state index in [-0.39, 0.29) is 6.71 Å². The predicted molar refractivity (Wildman–Crippen MR) is 426 cm³/mol. The molecule has 0 spiro atoms. The molecule has 0 atom stereocenters. The van der Waals surface area contributed by atoms with Crippen molar-refractivity contribution in [2.45, 2.75) is 5.41 Å². The Morgan fingerprint density at radius 2 is 0.647 bits per heavy atom. The lowest BCUT2D eigenvalue weighted by Gasteiger charge is -2.47. The summed E-state index contributed by atoms with van der Waals surface area (Å²) in [5.41, 5.74) is 30.2. The van der Waals surface area contributed by atoms with Gasteiger partial charge in [0.05, 0.1) is 27.8 Å². The minimum absolute atomic E-state index is 0.353. The maximum Gasteiger partial charge on any atom is 0.252 e. The van der Waals surface area contributed by atoms with Gasteiger partial charge in [0.2, 0.25) is 0 Å². The molecule has 17 aromatic rings. The van der Waals surface area contributed by atoms with E-state index in [9.17, 15) is 0 Å². The third-order valence-electron chi connectivity index (χ3n) is 21.5. The Bertz CT molecular complexity index is 5880. The van der Waals surface area contributed by atoms with Gasteiger partial charge in [0.15, 0.2) is 0 Å². The molecule has 1 aromatic heterocycles. The van der Waals surface area contributed by atoms with Crippen LogP contribution in [0.3, 0.4) is 0 Å². The first-order valence-electron chi connectivity index (χ1n) is 35.3. The second-order valence-corrected chi connectivity index (χ2v) is 26.9. The SMILES string of the molecule is c1ccc(-c2ccc3c(c2)Oc2cc4c(cc2C3(c2ccccc2)c2ccccc2)B2c3ccc(-n5c6ccccc6c6ccccc65)cc3N(c3c(-c5ccccc5)cccc3-c3ccccc3)c3cc(-c5ccccc5)cc(c32)N4c2c(-c3ccccc3)cccc2-c2ccccc2)cc1. The van der Waals surface area contributed by atoms with Crippen molar-refractivity contribution in [2.24, 2.45) is 0 Å². The van der Waals surface area contributed by atoms with E-state index in [1.54, 1.807) is 0 Å². The van der Waals surface area contributed by atoms with Crippen LogP contribution in [0, 0.1) is 0 Å². The van der Waals surface area contributed by atoms with Crippen LogP contribution in [-0.4, -0.2) is 11.3 Å². The van der Waals surface area contributed by atoms with Gasteiger partial charge in [-0.25, -0.2) is 0 Å². The number of aromatic nitrogens is 1. The zero-order valence-electron chi connectivity index (χ0n) is 55.8. The fourth-order valence-corrected chi connectivity index (χ4v) is 17.1. The number of fused-ring (bicyclic) bond motifs is 9. The molecule has 3 aliphatic rings. The monoisotopic (exact) mass is 1300 g/mol. The maximum absolute atomic E-state index is 7.85. The largest absolute Gasteiger partial charge is 0.457 e. The zero-order chi connectivity index (χ0) is 67.2. The summed E-state index contributed by atoms with van der Waals surface area (Å²) in [7, 11) is 0. The Morgan fingerprint density at radius 3 is 1.11 bits per heavy atom. The molecule has 0 saturated heterocycles. The number of para-hydroxylation sites is 4. The minimum Gasteiger partial charge on any atom is -0.457 e. The molecule has 102 heavy (non-hydrogen) atoms. The van der Waals surface area contributed by atoms with E-state index in [0.717, 1.165) is 157 Å². The second kappa shape index (κ2) is 24.1. The normalized spacial score (nSPS) is 13.0. The van der Waals surface area contributed by atoms with Crippen molar-refractivity contribution in [1.29, 1.82) is 0 Å². The lowest BCUT2D eigenvalue weighted by molar-refractivity contribution is 0.435. The Hall–Kier alpha value is -13.2. The topological polar surface area (TPSA) is 20.6 Å². The van der Waals surface area contributed by atoms with Crippen LogP contribution in [0.2, 0.25) is 0 Å². The maximum atomic E-state index is 7.85. The summed E-state index contributed by atoms with van der Waals surface area (Å²) in [5.74, 6) is 1.60. The van der Waals surface area contributed by atoms with E-state index in [1.807, 2.05) is 0 Å². The average molecular weight is 1300 g/mol. The molecule has 3 aliphatic heterocycles. The summed E-state index contributed by atoms with van der Waals surface area (Å²) in [6, 6.07) is 144. The van der Waals surface area contributed by atoms with Crippen molar-refractivity contribution < 1.29 is 4.74 Å². The number of benzene rings is 16. The highest BCUT2D eigenvalue weighted by Gasteiger charge is 2.51. The van der Waals surface area contributed by atoms with Gasteiger partial charge in [-0.1, -0.05) is 340 Å². The molecule has 5 heteroatoms. The number of hydrogen-bond donors (Lipinski definition) is 0. The summed E-state index contributed by atoms with van der Waals surface area (Å²) in [4.78, 5) is 5.31. The van der Waals surface area contributed by atoms with Gasteiger partial charge in [-0.2, -0.15) is 0 Å². The third kappa shape index (κ3) is 9.25. The van der Waals surface area contributed by atoms with Crippen molar-refractivity contribution in [3.63, 3.8) is 0 Å². The number of ether oxygens (including phenoxy) is 1. The van der Waals surface area contributed by atoms with E-state index >= 15 is 0 Å². The van der Waals surface area contributed by atoms with Gasteiger partial charge >= 0.3 is 0 Å². The van der Waals surface area contributed by atoms with Crippen molar-refractivity contribution in [1.82, 2.24) is 4.57 Å². The molecule has 0 amide bonds. The second-order valence-electron chi connectivity index (χ2n) is 26.9. The first-order valence-corrected chi connectivity index (χ1v) is 35.3. The van der Waals surface area contributed by atoms with Gasteiger partial charge in [0.1, 0.15) is 11.5 Å². The predicted octanol–water partition coefficient (Wildman–Crippen LogP) is 23.4. The summed E-state index contributed by atoms with van der Waals surface area (Å²) in [6.07, 6.45) is 0. The van der Waals surface area contributed by atoms with E-state index in [1.165, 1.54) is 21.7 Å². The number of nitrogens with zero attached hydrogens (tertiary/aromatic N) is 3. The third-order valence-corrected chi connectivity index (χ3v) is 21.5. The summed E-state index contributed by atoms with van der Waals surface area (Å²) < 4.78 is 10.3. The molecule has 4 heterocycles. The first-order chi connectivity index (χ1) is 50.6. The summed E-state index contributed by atoms with van der Waals surface area (Å²) in [6.45, 7) is -0.353. The zero-order valence-corrected chi connectivity index (χ0v) is 55.8.